The van der Waals surface area contributed by atoms with Crippen molar-refractivity contribution in [1.29, 1.82) is 0 Å². The van der Waals surface area contributed by atoms with Crippen molar-refractivity contribution in [3.63, 3.8) is 0 Å². The maximum absolute atomic E-state index is 13.2. The number of alkyl halides is 3. The van der Waals surface area contributed by atoms with Crippen LogP contribution in [0.25, 0.3) is 11.0 Å². The van der Waals surface area contributed by atoms with E-state index in [0.717, 1.165) is 29.4 Å². The van der Waals surface area contributed by atoms with Gasteiger partial charge >= 0.3 is 6.18 Å². The molecule has 1 aromatic heterocycles. The molecule has 10 heteroatoms. The minimum atomic E-state index is -4.64. The van der Waals surface area contributed by atoms with Gasteiger partial charge in [0.2, 0.25) is 5.91 Å². The first-order valence-electron chi connectivity index (χ1n) is 8.05. The quantitative estimate of drug-likeness (QED) is 0.535. The molecule has 0 saturated heterocycles. The Morgan fingerprint density at radius 1 is 1.29 bits per heavy atom. The van der Waals surface area contributed by atoms with E-state index in [1.54, 1.807) is 32.2 Å². The number of rotatable bonds is 5. The van der Waals surface area contributed by atoms with E-state index in [2.05, 4.69) is 15.3 Å². The minimum Gasteiger partial charge on any atom is -0.497 e. The van der Waals surface area contributed by atoms with E-state index < -0.39 is 22.9 Å². The van der Waals surface area contributed by atoms with Crippen molar-refractivity contribution in [2.45, 2.75) is 23.5 Å². The predicted octanol–water partition coefficient (Wildman–Crippen LogP) is 5.36. The Morgan fingerprint density at radius 3 is 2.71 bits per heavy atom. The van der Waals surface area contributed by atoms with Gasteiger partial charge in [-0.25, -0.2) is 4.98 Å². The molecular formula is C18H15ClF3N3O2S. The van der Waals surface area contributed by atoms with Crippen molar-refractivity contribution in [3.05, 3.63) is 47.0 Å². The first kappa shape index (κ1) is 20.3. The molecule has 1 heterocycles. The molecule has 2 N–H and O–H groups in total. The fourth-order valence-electron chi connectivity index (χ4n) is 2.46. The molecule has 28 heavy (non-hydrogen) atoms. The summed E-state index contributed by atoms with van der Waals surface area (Å²) in [5, 5.41) is 2.03. The summed E-state index contributed by atoms with van der Waals surface area (Å²) in [4.78, 5) is 19.8. The van der Waals surface area contributed by atoms with Crippen LogP contribution in [0.3, 0.4) is 0 Å². The topological polar surface area (TPSA) is 67.0 Å². The molecule has 1 unspecified atom stereocenters. The van der Waals surface area contributed by atoms with Gasteiger partial charge in [0.25, 0.3) is 0 Å². The van der Waals surface area contributed by atoms with Gasteiger partial charge in [-0.05, 0) is 37.3 Å². The first-order chi connectivity index (χ1) is 13.2. The Labute approximate surface area is 167 Å². The predicted molar refractivity (Wildman–Crippen MR) is 103 cm³/mol. The highest BCUT2D eigenvalue weighted by molar-refractivity contribution is 8.00. The summed E-state index contributed by atoms with van der Waals surface area (Å²) in [7, 11) is 1.55. The number of aromatic nitrogens is 2. The molecule has 0 fully saturated rings. The molecule has 0 aliphatic heterocycles. The first-order valence-corrected chi connectivity index (χ1v) is 9.31. The third kappa shape index (κ3) is 4.53. The van der Waals surface area contributed by atoms with Crippen LogP contribution in [-0.2, 0) is 11.0 Å². The summed E-state index contributed by atoms with van der Waals surface area (Å²) >= 11 is 6.75. The number of amides is 1. The number of hydrogen-bond acceptors (Lipinski definition) is 4. The third-order valence-electron chi connectivity index (χ3n) is 3.87. The fraction of sp³-hybridized carbons (Fsp3) is 0.222. The van der Waals surface area contributed by atoms with Gasteiger partial charge in [-0.1, -0.05) is 23.4 Å². The summed E-state index contributed by atoms with van der Waals surface area (Å²) in [6.07, 6.45) is -4.64. The van der Waals surface area contributed by atoms with Crippen molar-refractivity contribution in [2.75, 3.05) is 12.4 Å². The Bertz CT molecular complexity index is 1020. The second-order valence-electron chi connectivity index (χ2n) is 5.86. The molecule has 0 spiro atoms. The number of carbonyl (C=O) groups is 1. The number of hydrogen-bond donors (Lipinski definition) is 2. The van der Waals surface area contributed by atoms with Crippen LogP contribution in [0, 0.1) is 0 Å². The highest BCUT2D eigenvalue weighted by Gasteiger charge is 2.34. The molecule has 3 aromatic rings. The van der Waals surface area contributed by atoms with Crippen molar-refractivity contribution in [3.8, 4) is 5.75 Å². The number of thioether (sulfide) groups is 1. The van der Waals surface area contributed by atoms with Crippen LogP contribution < -0.4 is 10.1 Å². The van der Waals surface area contributed by atoms with Crippen molar-refractivity contribution in [2.24, 2.45) is 0 Å². The van der Waals surface area contributed by atoms with E-state index in [1.807, 2.05) is 0 Å². The van der Waals surface area contributed by atoms with Crippen molar-refractivity contribution < 1.29 is 22.7 Å². The van der Waals surface area contributed by atoms with E-state index in [-0.39, 0.29) is 10.7 Å². The molecule has 1 atom stereocenters. The molecule has 3 rings (SSSR count). The van der Waals surface area contributed by atoms with Gasteiger partial charge < -0.3 is 15.0 Å². The van der Waals surface area contributed by atoms with Crippen LogP contribution in [0.15, 0.2) is 41.6 Å². The largest absolute Gasteiger partial charge is 0.497 e. The number of methoxy groups -OCH3 is 1. The number of carbonyl (C=O) groups excluding carboxylic acids is 1. The third-order valence-corrected chi connectivity index (χ3v) is 5.09. The zero-order valence-electron chi connectivity index (χ0n) is 14.7. The molecule has 2 aromatic carbocycles. The van der Waals surface area contributed by atoms with E-state index in [9.17, 15) is 18.0 Å². The number of aromatic amines is 1. The minimum absolute atomic E-state index is 0.0644. The van der Waals surface area contributed by atoms with Crippen LogP contribution >= 0.6 is 23.4 Å². The lowest BCUT2D eigenvalue weighted by molar-refractivity contribution is -0.137. The summed E-state index contributed by atoms with van der Waals surface area (Å²) in [5.74, 6) is 0.0665. The molecule has 1 amide bonds. The van der Waals surface area contributed by atoms with Gasteiger partial charge in [0.15, 0.2) is 5.16 Å². The molecular weight excluding hydrogens is 415 g/mol. The van der Waals surface area contributed by atoms with Crippen LogP contribution in [0.5, 0.6) is 5.75 Å². The van der Waals surface area contributed by atoms with Crippen molar-refractivity contribution >= 4 is 46.0 Å². The maximum atomic E-state index is 13.2. The van der Waals surface area contributed by atoms with E-state index in [1.165, 1.54) is 6.07 Å². The number of anilines is 1. The van der Waals surface area contributed by atoms with Gasteiger partial charge in [-0.2, -0.15) is 13.2 Å². The number of imidazole rings is 1. The monoisotopic (exact) mass is 429 g/mol. The number of nitrogens with zero attached hydrogens (tertiary/aromatic N) is 1. The highest BCUT2D eigenvalue weighted by Crippen LogP contribution is 2.37. The molecule has 5 nitrogen and oxygen atoms in total. The standard InChI is InChI=1S/C18H15ClF3N3O2S/c1-9(28-17-24-14-6-4-11(27-2)8-15(14)25-17)16(26)23-13-5-3-10(19)7-12(13)18(20,21)22/h3-9H,1-2H3,(H,23,26)(H,24,25). The van der Waals surface area contributed by atoms with Gasteiger partial charge in [0.05, 0.1) is 34.6 Å². The van der Waals surface area contributed by atoms with Gasteiger partial charge in [0.1, 0.15) is 5.75 Å². The van der Waals surface area contributed by atoms with Gasteiger partial charge in [-0.3, -0.25) is 4.79 Å². The molecule has 148 valence electrons. The fourth-order valence-corrected chi connectivity index (χ4v) is 3.46. The Morgan fingerprint density at radius 2 is 2.04 bits per heavy atom. The number of benzene rings is 2. The number of nitrogens with one attached hydrogen (secondary N) is 2. The van der Waals surface area contributed by atoms with Crippen LogP contribution in [-0.4, -0.2) is 28.2 Å². The van der Waals surface area contributed by atoms with Gasteiger partial charge in [-0.15, -0.1) is 0 Å². The molecule has 0 radical (unpaired) electrons. The lowest BCUT2D eigenvalue weighted by Crippen LogP contribution is -2.24. The van der Waals surface area contributed by atoms with Crippen LogP contribution in [0.2, 0.25) is 5.02 Å². The van der Waals surface area contributed by atoms with Gasteiger partial charge in [0, 0.05) is 11.1 Å². The zero-order chi connectivity index (χ0) is 20.5. The normalized spacial score (nSPS) is 12.8. The molecule has 0 bridgehead atoms. The molecule has 0 aliphatic rings. The molecule has 0 aliphatic carbocycles. The average Bonchev–Trinajstić information content (AvgIpc) is 3.03. The maximum Gasteiger partial charge on any atom is 0.418 e. The second-order valence-corrected chi connectivity index (χ2v) is 7.63. The van der Waals surface area contributed by atoms with Crippen molar-refractivity contribution in [1.82, 2.24) is 9.97 Å². The van der Waals surface area contributed by atoms with Crippen LogP contribution in [0.4, 0.5) is 18.9 Å². The molecule has 0 saturated carbocycles. The van der Waals surface area contributed by atoms with E-state index in [4.69, 9.17) is 16.3 Å². The van der Waals surface area contributed by atoms with Crippen LogP contribution in [0.1, 0.15) is 12.5 Å². The second kappa shape index (κ2) is 7.92. The lowest BCUT2D eigenvalue weighted by Gasteiger charge is -2.16. The van der Waals surface area contributed by atoms with E-state index >= 15 is 0 Å². The Hall–Kier alpha value is -2.39. The Kier molecular flexibility index (Phi) is 5.76. The highest BCUT2D eigenvalue weighted by atomic mass is 35.5. The summed E-state index contributed by atoms with van der Waals surface area (Å²) in [5.41, 5.74) is 0.0737. The number of fused-ring (bicyclic) bond motifs is 1. The Balaban J connectivity index is 1.75. The number of H-pyrrole nitrogens is 1. The summed E-state index contributed by atoms with van der Waals surface area (Å²) < 4.78 is 44.6. The smallest absolute Gasteiger partial charge is 0.418 e. The lowest BCUT2D eigenvalue weighted by atomic mass is 10.1. The number of ether oxygens (including phenoxy) is 1. The number of halogens is 4. The van der Waals surface area contributed by atoms with E-state index in [0.29, 0.717) is 16.4 Å². The zero-order valence-corrected chi connectivity index (χ0v) is 16.3. The summed E-state index contributed by atoms with van der Waals surface area (Å²) in [6, 6.07) is 8.49. The average molecular weight is 430 g/mol. The summed E-state index contributed by atoms with van der Waals surface area (Å²) in [6.45, 7) is 1.58. The SMILES string of the molecule is COc1ccc2nc(SC(C)C(=O)Nc3ccc(Cl)cc3C(F)(F)F)[nH]c2c1.